The van der Waals surface area contributed by atoms with E-state index in [4.69, 9.17) is 27.7 Å². The van der Waals surface area contributed by atoms with Crippen LogP contribution in [0.4, 0.5) is 5.88 Å². The maximum atomic E-state index is 12.1. The number of benzene rings is 1. The number of nitrogens with zero attached hydrogens (tertiary/aromatic N) is 1. The summed E-state index contributed by atoms with van der Waals surface area (Å²) < 4.78 is 4.96. The Bertz CT molecular complexity index is 673. The summed E-state index contributed by atoms with van der Waals surface area (Å²) in [5.41, 5.74) is 1.58. The molecule has 5 nitrogen and oxygen atoms in total. The van der Waals surface area contributed by atoms with Crippen LogP contribution in [-0.4, -0.2) is 17.1 Å². The molecule has 1 heterocycles. The van der Waals surface area contributed by atoms with Crippen LogP contribution >= 0.6 is 23.2 Å². The van der Waals surface area contributed by atoms with Crippen LogP contribution in [0.15, 0.2) is 28.8 Å². The maximum Gasteiger partial charge on any atom is 0.243 e. The van der Waals surface area contributed by atoms with Crippen molar-refractivity contribution in [2.24, 2.45) is 0 Å². The van der Waals surface area contributed by atoms with Crippen molar-refractivity contribution in [2.45, 2.75) is 32.9 Å². The van der Waals surface area contributed by atoms with Crippen molar-refractivity contribution in [1.29, 1.82) is 0 Å². The van der Waals surface area contributed by atoms with E-state index in [1.165, 1.54) is 0 Å². The Hall–Kier alpha value is -1.56. The molecule has 2 N–H and O–H groups in total. The molecular formula is C15H17Cl2N3O2. The van der Waals surface area contributed by atoms with Gasteiger partial charge in [0.05, 0.1) is 11.7 Å². The molecule has 0 aliphatic heterocycles. The molecule has 0 aliphatic carbocycles. The molecule has 0 unspecified atom stereocenters. The van der Waals surface area contributed by atoms with Crippen molar-refractivity contribution in [3.05, 3.63) is 45.6 Å². The Morgan fingerprint density at radius 1 is 1.27 bits per heavy atom. The average Bonchev–Trinajstić information content (AvgIpc) is 2.83. The van der Waals surface area contributed by atoms with Crippen LogP contribution in [-0.2, 0) is 4.79 Å². The highest BCUT2D eigenvalue weighted by atomic mass is 35.5. The maximum absolute atomic E-state index is 12.1. The van der Waals surface area contributed by atoms with Crippen LogP contribution < -0.4 is 10.6 Å². The zero-order valence-electron chi connectivity index (χ0n) is 12.5. The number of amides is 1. The van der Waals surface area contributed by atoms with Gasteiger partial charge < -0.3 is 4.52 Å². The lowest BCUT2D eigenvalue weighted by Gasteiger charge is -2.20. The summed E-state index contributed by atoms with van der Waals surface area (Å²) in [4.78, 5) is 12.1. The molecule has 0 saturated carbocycles. The molecule has 22 heavy (non-hydrogen) atoms. The minimum absolute atomic E-state index is 0.109. The Labute approximate surface area is 139 Å². The first kappa shape index (κ1) is 16.8. The van der Waals surface area contributed by atoms with Gasteiger partial charge in [-0.15, -0.1) is 0 Å². The van der Waals surface area contributed by atoms with Crippen molar-refractivity contribution >= 4 is 35.0 Å². The van der Waals surface area contributed by atoms with E-state index in [1.807, 2.05) is 13.0 Å². The molecule has 0 saturated heterocycles. The van der Waals surface area contributed by atoms with Crippen molar-refractivity contribution in [3.8, 4) is 0 Å². The van der Waals surface area contributed by atoms with E-state index in [0.29, 0.717) is 21.6 Å². The van der Waals surface area contributed by atoms with Gasteiger partial charge in [0.15, 0.2) is 0 Å². The third-order valence-corrected chi connectivity index (χ3v) is 3.76. The summed E-state index contributed by atoms with van der Waals surface area (Å²) in [7, 11) is 0. The highest BCUT2D eigenvalue weighted by molar-refractivity contribution is 6.35. The Morgan fingerprint density at radius 3 is 2.59 bits per heavy atom. The molecule has 0 bridgehead atoms. The summed E-state index contributed by atoms with van der Waals surface area (Å²) in [6.45, 7) is 5.47. The first-order chi connectivity index (χ1) is 10.4. The quantitative estimate of drug-likeness (QED) is 0.863. The van der Waals surface area contributed by atoms with Gasteiger partial charge in [-0.05, 0) is 38.5 Å². The number of aryl methyl sites for hydroxylation is 1. The second-order valence-corrected chi connectivity index (χ2v) is 5.94. The molecule has 1 amide bonds. The second kappa shape index (κ2) is 7.13. The monoisotopic (exact) mass is 341 g/mol. The topological polar surface area (TPSA) is 67.2 Å². The first-order valence-electron chi connectivity index (χ1n) is 6.82. The van der Waals surface area contributed by atoms with Crippen molar-refractivity contribution in [1.82, 2.24) is 10.5 Å². The fraction of sp³-hybridized carbons (Fsp3) is 0.333. The van der Waals surface area contributed by atoms with Crippen LogP contribution in [0.3, 0.4) is 0 Å². The van der Waals surface area contributed by atoms with E-state index < -0.39 is 6.04 Å². The molecule has 7 heteroatoms. The Morgan fingerprint density at radius 2 is 2.00 bits per heavy atom. The average molecular weight is 342 g/mol. The standard InChI is InChI=1S/C15H17Cl2N3O2/c1-8-6-14(22-20-8)19-15(21)10(3)18-9(2)12-5-4-11(16)7-13(12)17/h4-7,9-10,18H,1-3H3,(H,19,21)/t9-,10+/m1/s1. The van der Waals surface area contributed by atoms with E-state index in [2.05, 4.69) is 15.8 Å². The van der Waals surface area contributed by atoms with Crippen LogP contribution in [0.25, 0.3) is 0 Å². The highest BCUT2D eigenvalue weighted by Crippen LogP contribution is 2.26. The lowest BCUT2D eigenvalue weighted by molar-refractivity contribution is -0.118. The zero-order valence-corrected chi connectivity index (χ0v) is 14.0. The molecule has 1 aromatic heterocycles. The minimum Gasteiger partial charge on any atom is -0.338 e. The van der Waals surface area contributed by atoms with Gasteiger partial charge in [0.2, 0.25) is 11.8 Å². The van der Waals surface area contributed by atoms with Gasteiger partial charge in [0.1, 0.15) is 0 Å². The summed E-state index contributed by atoms with van der Waals surface area (Å²) in [5.74, 6) is 0.112. The number of nitrogens with one attached hydrogen (secondary N) is 2. The van der Waals surface area contributed by atoms with Gasteiger partial charge in [-0.3, -0.25) is 15.4 Å². The number of carbonyl (C=O) groups is 1. The number of anilines is 1. The van der Waals surface area contributed by atoms with E-state index in [1.54, 1.807) is 32.0 Å². The van der Waals surface area contributed by atoms with Crippen LogP contribution in [0.2, 0.25) is 10.0 Å². The summed E-state index contributed by atoms with van der Waals surface area (Å²) in [6, 6.07) is 6.40. The third kappa shape index (κ3) is 4.22. The number of hydrogen-bond donors (Lipinski definition) is 2. The predicted octanol–water partition coefficient (Wildman–Crippen LogP) is 3.97. The summed E-state index contributed by atoms with van der Waals surface area (Å²) in [5, 5.41) is 10.7. The molecule has 2 aromatic rings. The number of rotatable bonds is 5. The van der Waals surface area contributed by atoms with Crippen LogP contribution in [0.5, 0.6) is 0 Å². The van der Waals surface area contributed by atoms with Gasteiger partial charge >= 0.3 is 0 Å². The lowest BCUT2D eigenvalue weighted by Crippen LogP contribution is -2.39. The lowest BCUT2D eigenvalue weighted by atomic mass is 10.1. The largest absolute Gasteiger partial charge is 0.338 e. The smallest absolute Gasteiger partial charge is 0.243 e. The van der Waals surface area contributed by atoms with Gasteiger partial charge in [0, 0.05) is 22.2 Å². The molecule has 118 valence electrons. The number of carbonyl (C=O) groups excluding carboxylic acids is 1. The minimum atomic E-state index is -0.438. The van der Waals surface area contributed by atoms with Gasteiger partial charge in [-0.25, -0.2) is 0 Å². The molecule has 0 spiro atoms. The number of aromatic nitrogens is 1. The van der Waals surface area contributed by atoms with E-state index >= 15 is 0 Å². The second-order valence-electron chi connectivity index (χ2n) is 5.10. The summed E-state index contributed by atoms with van der Waals surface area (Å²) in [6.07, 6.45) is 0. The number of halogens is 2. The molecule has 2 rings (SSSR count). The van der Waals surface area contributed by atoms with Gasteiger partial charge in [-0.1, -0.05) is 34.4 Å². The molecule has 0 aliphatic rings. The zero-order chi connectivity index (χ0) is 16.3. The van der Waals surface area contributed by atoms with Crippen molar-refractivity contribution in [2.75, 3.05) is 5.32 Å². The molecule has 1 aromatic carbocycles. The Kier molecular flexibility index (Phi) is 5.45. The molecule has 2 atom stereocenters. The van der Waals surface area contributed by atoms with Crippen molar-refractivity contribution in [3.63, 3.8) is 0 Å². The van der Waals surface area contributed by atoms with Crippen LogP contribution in [0.1, 0.15) is 31.1 Å². The Balaban J connectivity index is 1.98. The highest BCUT2D eigenvalue weighted by Gasteiger charge is 2.19. The van der Waals surface area contributed by atoms with E-state index in [0.717, 1.165) is 5.56 Å². The predicted molar refractivity (Wildman–Crippen MR) is 87.3 cm³/mol. The van der Waals surface area contributed by atoms with Gasteiger partial charge in [-0.2, -0.15) is 0 Å². The third-order valence-electron chi connectivity index (χ3n) is 3.20. The fourth-order valence-corrected chi connectivity index (χ4v) is 2.62. The summed E-state index contributed by atoms with van der Waals surface area (Å²) >= 11 is 12.1. The fourth-order valence-electron chi connectivity index (χ4n) is 2.05. The molecule has 0 radical (unpaired) electrons. The van der Waals surface area contributed by atoms with Gasteiger partial charge in [0.25, 0.3) is 0 Å². The molecular weight excluding hydrogens is 325 g/mol. The van der Waals surface area contributed by atoms with E-state index in [9.17, 15) is 4.79 Å². The van der Waals surface area contributed by atoms with Crippen molar-refractivity contribution < 1.29 is 9.32 Å². The normalized spacial score (nSPS) is 13.7. The first-order valence-corrected chi connectivity index (χ1v) is 7.57. The van der Waals surface area contributed by atoms with E-state index in [-0.39, 0.29) is 11.9 Å². The van der Waals surface area contributed by atoms with Crippen LogP contribution in [0, 0.1) is 6.92 Å². The molecule has 0 fully saturated rings. The SMILES string of the molecule is Cc1cc(NC(=O)[C@H](C)N[C@H](C)c2ccc(Cl)cc2Cl)on1. The number of hydrogen-bond acceptors (Lipinski definition) is 4.